The first-order chi connectivity index (χ1) is 7.99. The van der Waals surface area contributed by atoms with Gasteiger partial charge in [0.05, 0.1) is 36.7 Å². The van der Waals surface area contributed by atoms with Crippen molar-refractivity contribution in [2.75, 3.05) is 14.2 Å². The van der Waals surface area contributed by atoms with Gasteiger partial charge in [0.15, 0.2) is 0 Å². The molecule has 7 heteroatoms. The Kier molecular flexibility index (Phi) is 4.28. The Balaban J connectivity index is 3.21. The normalized spacial score (nSPS) is 9.82. The van der Waals surface area contributed by atoms with Crippen molar-refractivity contribution < 1.29 is 19.2 Å². The van der Waals surface area contributed by atoms with Crippen molar-refractivity contribution >= 4 is 23.3 Å². The van der Waals surface area contributed by atoms with Crippen molar-refractivity contribution in [3.05, 3.63) is 32.8 Å². The first kappa shape index (κ1) is 13.2. The molecule has 92 valence electrons. The van der Waals surface area contributed by atoms with E-state index < -0.39 is 10.9 Å². The van der Waals surface area contributed by atoms with Crippen LogP contribution in [0.1, 0.15) is 5.56 Å². The highest BCUT2D eigenvalue weighted by Gasteiger charge is 2.18. The van der Waals surface area contributed by atoms with Crippen LogP contribution >= 0.6 is 11.6 Å². The molecule has 17 heavy (non-hydrogen) atoms. The molecule has 0 radical (unpaired) electrons. The van der Waals surface area contributed by atoms with Crippen LogP contribution in [0.4, 0.5) is 5.69 Å². The number of hydrogen-bond acceptors (Lipinski definition) is 5. The highest BCUT2D eigenvalue weighted by molar-refractivity contribution is 6.32. The molecule has 0 N–H and O–H groups in total. The highest BCUT2D eigenvalue weighted by Crippen LogP contribution is 2.32. The molecule has 1 rings (SSSR count). The van der Waals surface area contributed by atoms with Gasteiger partial charge in [-0.3, -0.25) is 14.9 Å². The number of ether oxygens (including phenoxy) is 2. The van der Waals surface area contributed by atoms with Gasteiger partial charge in [-0.1, -0.05) is 11.6 Å². The Hall–Kier alpha value is -1.82. The molecule has 0 aliphatic carbocycles. The van der Waals surface area contributed by atoms with E-state index in [-0.39, 0.29) is 22.9 Å². The molecule has 0 aromatic heterocycles. The highest BCUT2D eigenvalue weighted by atomic mass is 35.5. The smallest absolute Gasteiger partial charge is 0.310 e. The van der Waals surface area contributed by atoms with Crippen molar-refractivity contribution in [3.63, 3.8) is 0 Å². The SMILES string of the molecule is COC(=O)Cc1c(Cl)cc([N+](=O)[O-])cc1OC. The fraction of sp³-hybridized carbons (Fsp3) is 0.300. The van der Waals surface area contributed by atoms with Crippen molar-refractivity contribution in [1.82, 2.24) is 0 Å². The lowest BCUT2D eigenvalue weighted by molar-refractivity contribution is -0.384. The first-order valence-electron chi connectivity index (χ1n) is 4.57. The van der Waals surface area contributed by atoms with Crippen LogP contribution in [0.5, 0.6) is 5.75 Å². The number of halogens is 1. The van der Waals surface area contributed by atoms with Gasteiger partial charge in [-0.25, -0.2) is 0 Å². The van der Waals surface area contributed by atoms with E-state index in [1.165, 1.54) is 26.4 Å². The lowest BCUT2D eigenvalue weighted by Gasteiger charge is -2.09. The predicted octanol–water partition coefficient (Wildman–Crippen LogP) is 1.97. The Morgan fingerprint density at radius 2 is 2.12 bits per heavy atom. The summed E-state index contributed by atoms with van der Waals surface area (Å²) >= 11 is 5.87. The zero-order valence-electron chi connectivity index (χ0n) is 9.23. The summed E-state index contributed by atoms with van der Waals surface area (Å²) in [4.78, 5) is 21.2. The number of hydrogen-bond donors (Lipinski definition) is 0. The molecule has 0 unspecified atom stereocenters. The number of esters is 1. The second-order valence-corrected chi connectivity index (χ2v) is 3.53. The van der Waals surface area contributed by atoms with E-state index in [0.717, 1.165) is 0 Å². The molecule has 0 saturated carbocycles. The molecular weight excluding hydrogens is 250 g/mol. The van der Waals surface area contributed by atoms with Crippen LogP contribution < -0.4 is 4.74 Å². The molecule has 0 fully saturated rings. The first-order valence-corrected chi connectivity index (χ1v) is 4.95. The second-order valence-electron chi connectivity index (χ2n) is 3.12. The third-order valence-electron chi connectivity index (χ3n) is 2.12. The van der Waals surface area contributed by atoms with E-state index in [1.807, 2.05) is 0 Å². The van der Waals surface area contributed by atoms with Gasteiger partial charge in [-0.05, 0) is 0 Å². The van der Waals surface area contributed by atoms with Gasteiger partial charge in [-0.15, -0.1) is 0 Å². The molecule has 0 amide bonds. The quantitative estimate of drug-likeness (QED) is 0.469. The minimum Gasteiger partial charge on any atom is -0.496 e. The number of nitrogens with zero attached hydrogens (tertiary/aromatic N) is 1. The van der Waals surface area contributed by atoms with Gasteiger partial charge < -0.3 is 9.47 Å². The fourth-order valence-corrected chi connectivity index (χ4v) is 1.55. The zero-order valence-corrected chi connectivity index (χ0v) is 9.98. The monoisotopic (exact) mass is 259 g/mol. The largest absolute Gasteiger partial charge is 0.496 e. The third kappa shape index (κ3) is 3.07. The van der Waals surface area contributed by atoms with Crippen LogP contribution in [0.2, 0.25) is 5.02 Å². The lowest BCUT2D eigenvalue weighted by atomic mass is 10.1. The van der Waals surface area contributed by atoms with E-state index in [0.29, 0.717) is 5.56 Å². The van der Waals surface area contributed by atoms with Gasteiger partial charge in [0.25, 0.3) is 5.69 Å². The standard InChI is InChI=1S/C10H10ClNO5/c1-16-9-4-6(12(14)15)3-8(11)7(9)5-10(13)17-2/h3-4H,5H2,1-2H3. The maximum Gasteiger partial charge on any atom is 0.310 e. The van der Waals surface area contributed by atoms with Crippen molar-refractivity contribution in [3.8, 4) is 5.75 Å². The van der Waals surface area contributed by atoms with E-state index in [9.17, 15) is 14.9 Å². The zero-order chi connectivity index (χ0) is 13.0. The predicted molar refractivity (Wildman–Crippen MR) is 60.4 cm³/mol. The average Bonchev–Trinajstić information content (AvgIpc) is 2.30. The Labute approximate surface area is 102 Å². The van der Waals surface area contributed by atoms with Gasteiger partial charge in [0, 0.05) is 11.6 Å². The maximum atomic E-state index is 11.2. The number of nitro groups is 1. The van der Waals surface area contributed by atoms with E-state index in [4.69, 9.17) is 16.3 Å². The minimum absolute atomic E-state index is 0.0986. The number of non-ortho nitro benzene ring substituents is 1. The van der Waals surface area contributed by atoms with Crippen LogP contribution in [0.3, 0.4) is 0 Å². The summed E-state index contributed by atoms with van der Waals surface area (Å²) in [6, 6.07) is 2.38. The van der Waals surface area contributed by atoms with E-state index in [2.05, 4.69) is 4.74 Å². The van der Waals surface area contributed by atoms with E-state index in [1.54, 1.807) is 0 Å². The Bertz CT molecular complexity index is 460. The van der Waals surface area contributed by atoms with Gasteiger partial charge in [0.1, 0.15) is 5.75 Å². The number of carbonyl (C=O) groups is 1. The summed E-state index contributed by atoms with van der Waals surface area (Å²) in [5, 5.41) is 10.7. The molecule has 0 aliphatic rings. The summed E-state index contributed by atoms with van der Waals surface area (Å²) in [6.45, 7) is 0. The summed E-state index contributed by atoms with van der Waals surface area (Å²) in [5.74, 6) is -0.311. The van der Waals surface area contributed by atoms with E-state index >= 15 is 0 Å². The Morgan fingerprint density at radius 1 is 1.47 bits per heavy atom. The Morgan fingerprint density at radius 3 is 2.59 bits per heavy atom. The molecule has 0 aliphatic heterocycles. The molecule has 0 atom stereocenters. The third-order valence-corrected chi connectivity index (χ3v) is 2.46. The number of rotatable bonds is 4. The van der Waals surface area contributed by atoms with Gasteiger partial charge in [-0.2, -0.15) is 0 Å². The molecule has 1 aromatic carbocycles. The molecule has 0 spiro atoms. The molecule has 0 heterocycles. The van der Waals surface area contributed by atoms with Crippen LogP contribution in [0.25, 0.3) is 0 Å². The lowest BCUT2D eigenvalue weighted by Crippen LogP contribution is -2.07. The summed E-state index contributed by atoms with van der Waals surface area (Å²) < 4.78 is 9.47. The van der Waals surface area contributed by atoms with Crippen LogP contribution in [-0.2, 0) is 16.0 Å². The van der Waals surface area contributed by atoms with Crippen LogP contribution in [0.15, 0.2) is 12.1 Å². The van der Waals surface area contributed by atoms with Crippen LogP contribution in [0, 0.1) is 10.1 Å². The summed E-state index contributed by atoms with van der Waals surface area (Å²) in [6.07, 6.45) is -0.101. The van der Waals surface area contributed by atoms with Gasteiger partial charge >= 0.3 is 5.97 Å². The molecule has 1 aromatic rings. The number of nitro benzene ring substituents is 1. The number of benzene rings is 1. The molecule has 6 nitrogen and oxygen atoms in total. The minimum atomic E-state index is -0.587. The number of methoxy groups -OCH3 is 2. The number of carbonyl (C=O) groups excluding carboxylic acids is 1. The molecular formula is C10H10ClNO5. The second kappa shape index (κ2) is 5.49. The average molecular weight is 260 g/mol. The fourth-order valence-electron chi connectivity index (χ4n) is 1.27. The van der Waals surface area contributed by atoms with Gasteiger partial charge in [0.2, 0.25) is 0 Å². The van der Waals surface area contributed by atoms with Crippen molar-refractivity contribution in [2.45, 2.75) is 6.42 Å². The maximum absolute atomic E-state index is 11.2. The molecule has 0 bridgehead atoms. The van der Waals surface area contributed by atoms with Crippen LogP contribution in [-0.4, -0.2) is 25.1 Å². The topological polar surface area (TPSA) is 78.7 Å². The molecule has 0 saturated heterocycles. The summed E-state index contributed by atoms with van der Waals surface area (Å²) in [7, 11) is 2.59. The summed E-state index contributed by atoms with van der Waals surface area (Å²) in [5.41, 5.74) is 0.173. The van der Waals surface area contributed by atoms with Crippen molar-refractivity contribution in [2.24, 2.45) is 0 Å². The van der Waals surface area contributed by atoms with Crippen molar-refractivity contribution in [1.29, 1.82) is 0 Å².